The molecule has 1 aliphatic heterocycles. The first-order valence-electron chi connectivity index (χ1n) is 12.3. The summed E-state index contributed by atoms with van der Waals surface area (Å²) < 4.78 is 14.2. The standard InChI is InChI=1S/C27H27ClN6O3/c1-16-6-9-29-18(10-16)12-34-24(32-23-25(34)30-15-31-26(23)37-27(3)7-8-27)21-5-4-19(11-22(21)28)36-20-13-33(14-20)17(2)35/h4-6,9-11,15,20H,7-8,12-14H2,1-3H3. The minimum Gasteiger partial charge on any atom is -0.487 e. The maximum atomic E-state index is 11.5. The number of nitrogens with zero attached hydrogens (tertiary/aromatic N) is 6. The van der Waals surface area contributed by atoms with Crippen molar-refractivity contribution in [3.05, 3.63) is 59.1 Å². The van der Waals surface area contributed by atoms with Crippen LogP contribution in [0.1, 0.15) is 37.9 Å². The van der Waals surface area contributed by atoms with Crippen LogP contribution in [0.3, 0.4) is 0 Å². The second-order valence-corrected chi connectivity index (χ2v) is 10.5. The Morgan fingerprint density at radius 3 is 2.68 bits per heavy atom. The Hall–Kier alpha value is -3.72. The average Bonchev–Trinajstić information content (AvgIpc) is 3.44. The van der Waals surface area contributed by atoms with Crippen LogP contribution in [-0.4, -0.2) is 60.1 Å². The first kappa shape index (κ1) is 23.7. The average molecular weight is 519 g/mol. The van der Waals surface area contributed by atoms with Crippen LogP contribution in [0.2, 0.25) is 5.02 Å². The van der Waals surface area contributed by atoms with E-state index in [4.69, 9.17) is 26.1 Å². The van der Waals surface area contributed by atoms with Crippen molar-refractivity contribution in [1.82, 2.24) is 29.4 Å². The van der Waals surface area contributed by atoms with E-state index in [1.165, 1.54) is 6.33 Å². The van der Waals surface area contributed by atoms with Crippen LogP contribution in [-0.2, 0) is 11.3 Å². The van der Waals surface area contributed by atoms with Crippen molar-refractivity contribution < 1.29 is 14.3 Å². The predicted molar refractivity (Wildman–Crippen MR) is 139 cm³/mol. The quantitative estimate of drug-likeness (QED) is 0.357. The van der Waals surface area contributed by atoms with E-state index in [-0.39, 0.29) is 17.6 Å². The zero-order chi connectivity index (χ0) is 25.7. The molecule has 0 bridgehead atoms. The number of hydrogen-bond acceptors (Lipinski definition) is 7. The van der Waals surface area contributed by atoms with E-state index >= 15 is 0 Å². The molecule has 1 aliphatic carbocycles. The van der Waals surface area contributed by atoms with E-state index in [2.05, 4.69) is 21.9 Å². The Bertz CT molecular complexity index is 1510. The fourth-order valence-electron chi connectivity index (χ4n) is 4.42. The number of fused-ring (bicyclic) bond motifs is 1. The van der Waals surface area contributed by atoms with Crippen molar-refractivity contribution in [3.63, 3.8) is 0 Å². The Morgan fingerprint density at radius 1 is 1.16 bits per heavy atom. The fourth-order valence-corrected chi connectivity index (χ4v) is 4.67. The molecule has 37 heavy (non-hydrogen) atoms. The molecular formula is C27H27ClN6O3. The Kier molecular flexibility index (Phi) is 5.75. The van der Waals surface area contributed by atoms with Crippen molar-refractivity contribution in [3.8, 4) is 23.0 Å². The van der Waals surface area contributed by atoms with Gasteiger partial charge >= 0.3 is 0 Å². The number of aromatic nitrogens is 5. The summed E-state index contributed by atoms with van der Waals surface area (Å²) in [5, 5.41) is 0.499. The molecule has 9 nitrogen and oxygen atoms in total. The number of imidazole rings is 1. The minimum atomic E-state index is -0.209. The lowest BCUT2D eigenvalue weighted by molar-refractivity contribution is -0.137. The largest absolute Gasteiger partial charge is 0.487 e. The number of hydrogen-bond donors (Lipinski definition) is 0. The van der Waals surface area contributed by atoms with Gasteiger partial charge in [0, 0.05) is 18.7 Å². The third-order valence-electron chi connectivity index (χ3n) is 6.87. The molecule has 1 amide bonds. The number of aryl methyl sites for hydroxylation is 1. The molecule has 4 heterocycles. The molecule has 0 spiro atoms. The lowest BCUT2D eigenvalue weighted by atomic mass is 10.1. The molecule has 2 aliphatic rings. The zero-order valence-corrected chi connectivity index (χ0v) is 21.7. The molecule has 3 aromatic heterocycles. The smallest absolute Gasteiger partial charge is 0.245 e. The summed E-state index contributed by atoms with van der Waals surface area (Å²) in [5.41, 5.74) is 3.78. The molecule has 4 aromatic rings. The number of pyridine rings is 1. The van der Waals surface area contributed by atoms with Crippen molar-refractivity contribution >= 4 is 28.7 Å². The lowest BCUT2D eigenvalue weighted by Gasteiger charge is -2.38. The van der Waals surface area contributed by atoms with Gasteiger partial charge < -0.3 is 18.9 Å². The summed E-state index contributed by atoms with van der Waals surface area (Å²) >= 11 is 6.79. The van der Waals surface area contributed by atoms with Crippen molar-refractivity contribution in [2.45, 2.75) is 51.9 Å². The number of likely N-dealkylation sites (tertiary alicyclic amines) is 1. The van der Waals surface area contributed by atoms with Crippen LogP contribution in [0.4, 0.5) is 0 Å². The van der Waals surface area contributed by atoms with Gasteiger partial charge in [-0.15, -0.1) is 0 Å². The predicted octanol–water partition coefficient (Wildman–Crippen LogP) is 4.44. The number of amides is 1. The minimum absolute atomic E-state index is 0.0402. The highest BCUT2D eigenvalue weighted by atomic mass is 35.5. The molecule has 0 radical (unpaired) electrons. The highest BCUT2D eigenvalue weighted by Crippen LogP contribution is 2.41. The zero-order valence-electron chi connectivity index (χ0n) is 20.9. The number of carbonyl (C=O) groups excluding carboxylic acids is 1. The Balaban J connectivity index is 1.38. The third kappa shape index (κ3) is 4.71. The summed E-state index contributed by atoms with van der Waals surface area (Å²) in [7, 11) is 0. The molecule has 0 atom stereocenters. The van der Waals surface area contributed by atoms with Gasteiger partial charge in [0.2, 0.25) is 11.8 Å². The molecule has 2 fully saturated rings. The van der Waals surface area contributed by atoms with Crippen molar-refractivity contribution in [2.24, 2.45) is 0 Å². The summed E-state index contributed by atoms with van der Waals surface area (Å²) in [4.78, 5) is 31.6. The summed E-state index contributed by atoms with van der Waals surface area (Å²) in [6.45, 7) is 7.28. The first-order valence-corrected chi connectivity index (χ1v) is 12.7. The van der Waals surface area contributed by atoms with Gasteiger partial charge in [0.25, 0.3) is 0 Å². The van der Waals surface area contributed by atoms with Gasteiger partial charge in [0.1, 0.15) is 29.6 Å². The highest BCUT2D eigenvalue weighted by Gasteiger charge is 2.41. The van der Waals surface area contributed by atoms with Crippen molar-refractivity contribution in [2.75, 3.05) is 13.1 Å². The second-order valence-electron chi connectivity index (χ2n) is 10.1. The molecule has 1 saturated heterocycles. The van der Waals surface area contributed by atoms with Crippen LogP contribution in [0.5, 0.6) is 11.6 Å². The van der Waals surface area contributed by atoms with Crippen LogP contribution >= 0.6 is 11.6 Å². The van der Waals surface area contributed by atoms with Crippen LogP contribution in [0.15, 0.2) is 42.9 Å². The number of rotatable bonds is 7. The summed E-state index contributed by atoms with van der Waals surface area (Å²) in [6.07, 6.45) is 5.24. The van der Waals surface area contributed by atoms with E-state index in [0.717, 1.165) is 29.7 Å². The van der Waals surface area contributed by atoms with Gasteiger partial charge in [-0.25, -0.2) is 9.97 Å². The highest BCUT2D eigenvalue weighted by molar-refractivity contribution is 6.33. The maximum absolute atomic E-state index is 11.5. The number of halogens is 1. The van der Waals surface area contributed by atoms with Gasteiger partial charge in [-0.1, -0.05) is 11.6 Å². The van der Waals surface area contributed by atoms with Crippen molar-refractivity contribution in [1.29, 1.82) is 0 Å². The topological polar surface area (TPSA) is 95.3 Å². The van der Waals surface area contributed by atoms with E-state index in [9.17, 15) is 4.79 Å². The Morgan fingerprint density at radius 2 is 1.97 bits per heavy atom. The monoisotopic (exact) mass is 518 g/mol. The van der Waals surface area contributed by atoms with E-state index in [1.807, 2.05) is 35.8 Å². The SMILES string of the molecule is CC(=O)N1CC(Oc2ccc(-c3nc4c(OC5(C)CC5)ncnc4n3Cc3cc(C)ccn3)c(Cl)c2)C1. The molecule has 0 N–H and O–H groups in total. The third-order valence-corrected chi connectivity index (χ3v) is 7.18. The molecule has 190 valence electrons. The first-order chi connectivity index (χ1) is 17.8. The van der Waals surface area contributed by atoms with Gasteiger partial charge in [-0.05, 0) is 62.6 Å². The summed E-state index contributed by atoms with van der Waals surface area (Å²) in [6, 6.07) is 9.57. The molecule has 10 heteroatoms. The van der Waals surface area contributed by atoms with Crippen LogP contribution < -0.4 is 9.47 Å². The molecule has 1 saturated carbocycles. The van der Waals surface area contributed by atoms with Crippen LogP contribution in [0.25, 0.3) is 22.6 Å². The summed E-state index contributed by atoms with van der Waals surface area (Å²) in [5.74, 6) is 1.82. The molecule has 1 aromatic carbocycles. The van der Waals surface area contributed by atoms with Gasteiger partial charge in [0.15, 0.2) is 11.2 Å². The Labute approximate surface area is 219 Å². The number of carbonyl (C=O) groups is 1. The maximum Gasteiger partial charge on any atom is 0.245 e. The fraction of sp³-hybridized carbons (Fsp3) is 0.370. The normalized spacial score (nSPS) is 16.5. The van der Waals surface area contributed by atoms with E-state index in [0.29, 0.717) is 53.3 Å². The van der Waals surface area contributed by atoms with Gasteiger partial charge in [-0.3, -0.25) is 9.78 Å². The van der Waals surface area contributed by atoms with E-state index in [1.54, 1.807) is 24.1 Å². The molecular weight excluding hydrogens is 492 g/mol. The van der Waals surface area contributed by atoms with Gasteiger partial charge in [0.05, 0.1) is 30.4 Å². The number of benzene rings is 1. The second kappa shape index (κ2) is 8.99. The van der Waals surface area contributed by atoms with Gasteiger partial charge in [-0.2, -0.15) is 4.98 Å². The molecule has 0 unspecified atom stereocenters. The number of ether oxygens (including phenoxy) is 2. The molecule has 6 rings (SSSR count). The van der Waals surface area contributed by atoms with Crippen LogP contribution in [0, 0.1) is 6.92 Å². The van der Waals surface area contributed by atoms with E-state index < -0.39 is 0 Å². The lowest BCUT2D eigenvalue weighted by Crippen LogP contribution is -2.55.